The van der Waals surface area contributed by atoms with Gasteiger partial charge in [0.2, 0.25) is 0 Å². The van der Waals surface area contributed by atoms with E-state index in [2.05, 4.69) is 69.1 Å². The Morgan fingerprint density at radius 2 is 1.94 bits per heavy atom. The predicted octanol–water partition coefficient (Wildman–Crippen LogP) is 3.42. The van der Waals surface area contributed by atoms with Gasteiger partial charge in [-0.25, -0.2) is 0 Å². The lowest BCUT2D eigenvalue weighted by Crippen LogP contribution is -2.35. The minimum Gasteiger partial charge on any atom is -0.314 e. The SMILES string of the molecule is C=CC(C)(CNC(C)C)Cc1ccccc1. The molecule has 0 radical (unpaired) electrons. The first-order chi connectivity index (χ1) is 7.56. The van der Waals surface area contributed by atoms with E-state index in [0.717, 1.165) is 13.0 Å². The van der Waals surface area contributed by atoms with E-state index >= 15 is 0 Å². The molecule has 0 aliphatic heterocycles. The number of rotatable bonds is 6. The molecule has 1 N–H and O–H groups in total. The molecule has 0 aliphatic carbocycles. The quantitative estimate of drug-likeness (QED) is 0.720. The van der Waals surface area contributed by atoms with Gasteiger partial charge in [-0.1, -0.05) is 57.2 Å². The van der Waals surface area contributed by atoms with Crippen molar-refractivity contribution in [2.24, 2.45) is 5.41 Å². The Bertz CT molecular complexity index is 315. The first-order valence-corrected chi connectivity index (χ1v) is 5.97. The number of benzene rings is 1. The molecule has 1 aromatic rings. The lowest BCUT2D eigenvalue weighted by molar-refractivity contribution is 0.373. The molecule has 0 bridgehead atoms. The average molecular weight is 217 g/mol. The Morgan fingerprint density at radius 3 is 2.44 bits per heavy atom. The van der Waals surface area contributed by atoms with Crippen LogP contribution < -0.4 is 5.32 Å². The van der Waals surface area contributed by atoms with Crippen molar-refractivity contribution in [1.82, 2.24) is 5.32 Å². The molecule has 0 aliphatic rings. The van der Waals surface area contributed by atoms with Gasteiger partial charge in [-0.05, 0) is 12.0 Å². The van der Waals surface area contributed by atoms with Gasteiger partial charge in [0.05, 0.1) is 0 Å². The van der Waals surface area contributed by atoms with Crippen molar-refractivity contribution in [3.63, 3.8) is 0 Å². The highest BCUT2D eigenvalue weighted by Gasteiger charge is 2.20. The van der Waals surface area contributed by atoms with Crippen LogP contribution >= 0.6 is 0 Å². The molecule has 1 atom stereocenters. The second-order valence-corrected chi connectivity index (χ2v) is 5.06. The van der Waals surface area contributed by atoms with Gasteiger partial charge in [0.15, 0.2) is 0 Å². The highest BCUT2D eigenvalue weighted by Crippen LogP contribution is 2.23. The van der Waals surface area contributed by atoms with Gasteiger partial charge in [0, 0.05) is 18.0 Å². The van der Waals surface area contributed by atoms with Gasteiger partial charge in [-0.15, -0.1) is 6.58 Å². The summed E-state index contributed by atoms with van der Waals surface area (Å²) in [6, 6.07) is 11.1. The largest absolute Gasteiger partial charge is 0.314 e. The lowest BCUT2D eigenvalue weighted by Gasteiger charge is -2.27. The minimum absolute atomic E-state index is 0.131. The molecule has 1 aromatic carbocycles. The molecule has 0 aromatic heterocycles. The highest BCUT2D eigenvalue weighted by molar-refractivity contribution is 5.18. The molecule has 0 spiro atoms. The Balaban J connectivity index is 2.63. The zero-order chi connectivity index (χ0) is 12.0. The summed E-state index contributed by atoms with van der Waals surface area (Å²) in [7, 11) is 0. The third-order valence-electron chi connectivity index (χ3n) is 2.86. The number of hydrogen-bond donors (Lipinski definition) is 1. The Hall–Kier alpha value is -1.08. The van der Waals surface area contributed by atoms with Crippen LogP contribution in [0.5, 0.6) is 0 Å². The molecule has 0 saturated carbocycles. The van der Waals surface area contributed by atoms with Gasteiger partial charge >= 0.3 is 0 Å². The molecule has 88 valence electrons. The summed E-state index contributed by atoms with van der Waals surface area (Å²) in [4.78, 5) is 0. The fourth-order valence-electron chi connectivity index (χ4n) is 1.71. The van der Waals surface area contributed by atoms with Crippen LogP contribution in [-0.4, -0.2) is 12.6 Å². The van der Waals surface area contributed by atoms with Gasteiger partial charge < -0.3 is 5.32 Å². The number of hydrogen-bond acceptors (Lipinski definition) is 1. The van der Waals surface area contributed by atoms with Gasteiger partial charge in [0.25, 0.3) is 0 Å². The Labute approximate surface area is 99.6 Å². The molecule has 1 unspecified atom stereocenters. The van der Waals surface area contributed by atoms with Crippen LogP contribution in [0, 0.1) is 5.41 Å². The molecule has 0 amide bonds. The van der Waals surface area contributed by atoms with Crippen molar-refractivity contribution in [2.75, 3.05) is 6.54 Å². The zero-order valence-electron chi connectivity index (χ0n) is 10.7. The van der Waals surface area contributed by atoms with Crippen molar-refractivity contribution in [1.29, 1.82) is 0 Å². The van der Waals surface area contributed by atoms with Crippen molar-refractivity contribution in [2.45, 2.75) is 33.2 Å². The molecule has 1 heteroatoms. The maximum Gasteiger partial charge on any atom is 0.00453 e. The third-order valence-corrected chi connectivity index (χ3v) is 2.86. The zero-order valence-corrected chi connectivity index (χ0v) is 10.7. The van der Waals surface area contributed by atoms with Crippen LogP contribution in [0.15, 0.2) is 43.0 Å². The predicted molar refractivity (Wildman–Crippen MR) is 71.6 cm³/mol. The van der Waals surface area contributed by atoms with E-state index in [1.165, 1.54) is 5.56 Å². The van der Waals surface area contributed by atoms with E-state index in [0.29, 0.717) is 6.04 Å². The summed E-state index contributed by atoms with van der Waals surface area (Å²) >= 11 is 0. The van der Waals surface area contributed by atoms with E-state index in [-0.39, 0.29) is 5.41 Å². The lowest BCUT2D eigenvalue weighted by atomic mass is 9.83. The molecule has 0 saturated heterocycles. The summed E-state index contributed by atoms with van der Waals surface area (Å²) in [6.07, 6.45) is 3.10. The van der Waals surface area contributed by atoms with E-state index in [1.807, 2.05) is 0 Å². The van der Waals surface area contributed by atoms with Crippen LogP contribution in [0.3, 0.4) is 0 Å². The van der Waals surface area contributed by atoms with Gasteiger partial charge in [0.1, 0.15) is 0 Å². The van der Waals surface area contributed by atoms with Crippen LogP contribution in [0.2, 0.25) is 0 Å². The average Bonchev–Trinajstić information content (AvgIpc) is 2.28. The second-order valence-electron chi connectivity index (χ2n) is 5.06. The van der Waals surface area contributed by atoms with Crippen LogP contribution in [0.4, 0.5) is 0 Å². The Kier molecular flexibility index (Phi) is 4.75. The first-order valence-electron chi connectivity index (χ1n) is 5.97. The number of nitrogens with one attached hydrogen (secondary N) is 1. The highest BCUT2D eigenvalue weighted by atomic mass is 14.9. The standard InChI is InChI=1S/C15H23N/c1-5-15(4,12-16-13(2)3)11-14-9-7-6-8-10-14/h5-10,13,16H,1,11-12H2,2-4H3. The summed E-state index contributed by atoms with van der Waals surface area (Å²) in [5.74, 6) is 0. The van der Waals surface area contributed by atoms with Gasteiger partial charge in [-0.3, -0.25) is 0 Å². The summed E-state index contributed by atoms with van der Waals surface area (Å²) in [5, 5.41) is 3.49. The summed E-state index contributed by atoms with van der Waals surface area (Å²) < 4.78 is 0. The monoisotopic (exact) mass is 217 g/mol. The van der Waals surface area contributed by atoms with Crippen molar-refractivity contribution in [3.05, 3.63) is 48.6 Å². The van der Waals surface area contributed by atoms with Crippen LogP contribution in [-0.2, 0) is 6.42 Å². The topological polar surface area (TPSA) is 12.0 Å². The fourth-order valence-corrected chi connectivity index (χ4v) is 1.71. The van der Waals surface area contributed by atoms with Crippen LogP contribution in [0.25, 0.3) is 0 Å². The fraction of sp³-hybridized carbons (Fsp3) is 0.467. The third kappa shape index (κ3) is 4.19. The normalized spacial score (nSPS) is 14.8. The Morgan fingerprint density at radius 1 is 1.31 bits per heavy atom. The maximum absolute atomic E-state index is 3.97. The van der Waals surface area contributed by atoms with Crippen LogP contribution in [0.1, 0.15) is 26.3 Å². The molecular weight excluding hydrogens is 194 g/mol. The van der Waals surface area contributed by atoms with E-state index in [4.69, 9.17) is 0 Å². The van der Waals surface area contributed by atoms with Gasteiger partial charge in [-0.2, -0.15) is 0 Å². The maximum atomic E-state index is 3.97. The van der Waals surface area contributed by atoms with Crippen molar-refractivity contribution in [3.8, 4) is 0 Å². The molecule has 1 nitrogen and oxygen atoms in total. The van der Waals surface area contributed by atoms with E-state index in [1.54, 1.807) is 0 Å². The van der Waals surface area contributed by atoms with E-state index in [9.17, 15) is 0 Å². The van der Waals surface area contributed by atoms with Crippen molar-refractivity contribution < 1.29 is 0 Å². The molecule has 0 fully saturated rings. The summed E-state index contributed by atoms with van der Waals surface area (Å²) in [5.41, 5.74) is 1.50. The molecule has 16 heavy (non-hydrogen) atoms. The molecule has 0 heterocycles. The molecule has 1 rings (SSSR count). The second kappa shape index (κ2) is 5.86. The molecular formula is C15H23N. The van der Waals surface area contributed by atoms with Crippen molar-refractivity contribution >= 4 is 0 Å². The van der Waals surface area contributed by atoms with E-state index < -0.39 is 0 Å². The summed E-state index contributed by atoms with van der Waals surface area (Å²) in [6.45, 7) is 11.5. The minimum atomic E-state index is 0.131. The first kappa shape index (κ1) is 13.0. The smallest absolute Gasteiger partial charge is 0.00453 e.